The van der Waals surface area contributed by atoms with Crippen LogP contribution in [0.1, 0.15) is 12.6 Å². The van der Waals surface area contributed by atoms with Crippen LogP contribution in [0.3, 0.4) is 0 Å². The lowest BCUT2D eigenvalue weighted by Gasteiger charge is -2.19. The molecule has 1 rings (SSSR count). The van der Waals surface area contributed by atoms with Gasteiger partial charge in [0.1, 0.15) is 0 Å². The molecular formula is C9H14N4O. The highest BCUT2D eigenvalue weighted by Gasteiger charge is 2.09. The molecule has 0 bridgehead atoms. The Morgan fingerprint density at radius 2 is 2.43 bits per heavy atom. The molecule has 0 saturated carbocycles. The van der Waals surface area contributed by atoms with Crippen LogP contribution < -0.4 is 11.3 Å². The summed E-state index contributed by atoms with van der Waals surface area (Å²) in [6.07, 6.45) is 1.70. The van der Waals surface area contributed by atoms with Crippen molar-refractivity contribution in [3.63, 3.8) is 0 Å². The molecule has 0 saturated heterocycles. The second-order valence-electron chi connectivity index (χ2n) is 2.78. The molecule has 0 fully saturated rings. The van der Waals surface area contributed by atoms with Crippen molar-refractivity contribution in [1.29, 1.82) is 0 Å². The summed E-state index contributed by atoms with van der Waals surface area (Å²) in [5, 5.41) is 0. The number of nitrogens with two attached hydrogens (primary N) is 1. The minimum Gasteiger partial charge on any atom is -0.318 e. The van der Waals surface area contributed by atoms with E-state index in [0.29, 0.717) is 13.1 Å². The Morgan fingerprint density at radius 3 is 2.93 bits per heavy atom. The lowest BCUT2D eigenvalue weighted by atomic mass is 10.3. The quantitative estimate of drug-likeness (QED) is 0.418. The molecular weight excluding hydrogens is 180 g/mol. The summed E-state index contributed by atoms with van der Waals surface area (Å²) < 4.78 is 0. The molecule has 14 heavy (non-hydrogen) atoms. The monoisotopic (exact) mass is 194 g/mol. The maximum absolute atomic E-state index is 11.2. The number of rotatable bonds is 3. The molecule has 0 radical (unpaired) electrons. The Bertz CT molecular complexity index is 288. The largest absolute Gasteiger partial charge is 0.331 e. The summed E-state index contributed by atoms with van der Waals surface area (Å²) in [4.78, 5) is 16.9. The van der Waals surface area contributed by atoms with Crippen molar-refractivity contribution in [2.45, 2.75) is 13.5 Å². The zero-order valence-electron chi connectivity index (χ0n) is 8.10. The standard InChI is InChI=1S/C9H14N4O/c1-2-13(9(14)12-10)7-8-5-3-4-6-11-8/h3-6H,2,7,10H2,1H3,(H,12,14). The van der Waals surface area contributed by atoms with E-state index in [9.17, 15) is 4.79 Å². The van der Waals surface area contributed by atoms with Crippen molar-refractivity contribution in [2.75, 3.05) is 6.54 Å². The lowest BCUT2D eigenvalue weighted by molar-refractivity contribution is 0.197. The topological polar surface area (TPSA) is 71.2 Å². The first-order valence-electron chi connectivity index (χ1n) is 4.43. The highest BCUT2D eigenvalue weighted by atomic mass is 16.2. The van der Waals surface area contributed by atoms with Crippen molar-refractivity contribution >= 4 is 6.03 Å². The molecule has 1 heterocycles. The Balaban J connectivity index is 2.62. The molecule has 0 aromatic carbocycles. The fourth-order valence-corrected chi connectivity index (χ4v) is 1.11. The third kappa shape index (κ3) is 2.70. The van der Waals surface area contributed by atoms with Gasteiger partial charge in [-0.3, -0.25) is 10.4 Å². The number of amides is 2. The fraction of sp³-hybridized carbons (Fsp3) is 0.333. The molecule has 0 aliphatic heterocycles. The van der Waals surface area contributed by atoms with Gasteiger partial charge in [0.25, 0.3) is 0 Å². The van der Waals surface area contributed by atoms with Gasteiger partial charge < -0.3 is 4.90 Å². The Morgan fingerprint density at radius 1 is 1.64 bits per heavy atom. The molecule has 5 nitrogen and oxygen atoms in total. The molecule has 3 N–H and O–H groups in total. The van der Waals surface area contributed by atoms with Gasteiger partial charge in [-0.25, -0.2) is 10.6 Å². The number of carbonyl (C=O) groups is 1. The average Bonchev–Trinajstić information content (AvgIpc) is 2.26. The van der Waals surface area contributed by atoms with Gasteiger partial charge in [-0.2, -0.15) is 0 Å². The number of aromatic nitrogens is 1. The third-order valence-electron chi connectivity index (χ3n) is 1.87. The molecule has 1 aromatic heterocycles. The van der Waals surface area contributed by atoms with E-state index < -0.39 is 0 Å². The summed E-state index contributed by atoms with van der Waals surface area (Å²) >= 11 is 0. The zero-order chi connectivity index (χ0) is 10.4. The minimum absolute atomic E-state index is 0.293. The minimum atomic E-state index is -0.293. The zero-order valence-corrected chi connectivity index (χ0v) is 8.10. The van der Waals surface area contributed by atoms with Crippen LogP contribution in [0.25, 0.3) is 0 Å². The van der Waals surface area contributed by atoms with Crippen LogP contribution in [0.15, 0.2) is 24.4 Å². The van der Waals surface area contributed by atoms with Gasteiger partial charge in [0.05, 0.1) is 12.2 Å². The van der Waals surface area contributed by atoms with E-state index in [1.54, 1.807) is 11.1 Å². The Hall–Kier alpha value is -1.62. The summed E-state index contributed by atoms with van der Waals surface area (Å²) in [6.45, 7) is 2.96. The summed E-state index contributed by atoms with van der Waals surface area (Å²) in [5.74, 6) is 5.04. The second-order valence-corrected chi connectivity index (χ2v) is 2.78. The van der Waals surface area contributed by atoms with E-state index in [1.165, 1.54) is 0 Å². The van der Waals surface area contributed by atoms with Gasteiger partial charge in [-0.05, 0) is 19.1 Å². The van der Waals surface area contributed by atoms with Crippen LogP contribution in [-0.2, 0) is 6.54 Å². The van der Waals surface area contributed by atoms with Crippen molar-refractivity contribution in [3.05, 3.63) is 30.1 Å². The molecule has 1 aromatic rings. The highest BCUT2D eigenvalue weighted by molar-refractivity contribution is 5.73. The molecule has 0 spiro atoms. The van der Waals surface area contributed by atoms with E-state index in [-0.39, 0.29) is 6.03 Å². The third-order valence-corrected chi connectivity index (χ3v) is 1.87. The first-order valence-corrected chi connectivity index (χ1v) is 4.43. The van der Waals surface area contributed by atoms with Crippen molar-refractivity contribution in [1.82, 2.24) is 15.3 Å². The first-order chi connectivity index (χ1) is 6.77. The van der Waals surface area contributed by atoms with Gasteiger partial charge in [-0.15, -0.1) is 0 Å². The van der Waals surface area contributed by atoms with E-state index in [4.69, 9.17) is 5.84 Å². The molecule has 2 amide bonds. The van der Waals surface area contributed by atoms with Gasteiger partial charge in [0.15, 0.2) is 0 Å². The Kier molecular flexibility index (Phi) is 3.87. The number of urea groups is 1. The molecule has 5 heteroatoms. The first kappa shape index (κ1) is 10.5. The number of pyridine rings is 1. The summed E-state index contributed by atoms with van der Waals surface area (Å²) in [6, 6.07) is 5.30. The fourth-order valence-electron chi connectivity index (χ4n) is 1.11. The maximum atomic E-state index is 11.2. The number of carbonyl (C=O) groups excluding carboxylic acids is 1. The van der Waals surface area contributed by atoms with Gasteiger partial charge in [-0.1, -0.05) is 6.07 Å². The van der Waals surface area contributed by atoms with Crippen LogP contribution in [0.5, 0.6) is 0 Å². The molecule has 0 atom stereocenters. The van der Waals surface area contributed by atoms with E-state index in [0.717, 1.165) is 5.69 Å². The smallest absolute Gasteiger partial charge is 0.318 e. The number of hydrazine groups is 1. The molecule has 76 valence electrons. The van der Waals surface area contributed by atoms with Crippen LogP contribution in [0.4, 0.5) is 4.79 Å². The van der Waals surface area contributed by atoms with Crippen molar-refractivity contribution < 1.29 is 4.79 Å². The summed E-state index contributed by atoms with van der Waals surface area (Å²) in [5.41, 5.74) is 2.94. The van der Waals surface area contributed by atoms with Crippen LogP contribution in [0, 0.1) is 0 Å². The Labute approximate surface area is 82.9 Å². The summed E-state index contributed by atoms with van der Waals surface area (Å²) in [7, 11) is 0. The van der Waals surface area contributed by atoms with Gasteiger partial charge in [0.2, 0.25) is 0 Å². The molecule has 0 aliphatic carbocycles. The average molecular weight is 194 g/mol. The second kappa shape index (κ2) is 5.18. The van der Waals surface area contributed by atoms with Gasteiger partial charge >= 0.3 is 6.03 Å². The maximum Gasteiger partial charge on any atom is 0.331 e. The number of hydrogen-bond donors (Lipinski definition) is 2. The predicted octanol–water partition coefficient (Wildman–Crippen LogP) is 0.487. The molecule has 0 unspecified atom stereocenters. The highest BCUT2D eigenvalue weighted by Crippen LogP contribution is 2.00. The SMILES string of the molecule is CCN(Cc1ccccn1)C(=O)NN. The number of nitrogens with one attached hydrogen (secondary N) is 1. The number of nitrogens with zero attached hydrogens (tertiary/aromatic N) is 2. The van der Waals surface area contributed by atoms with E-state index in [1.807, 2.05) is 25.1 Å². The van der Waals surface area contributed by atoms with Crippen molar-refractivity contribution in [3.8, 4) is 0 Å². The number of hydrogen-bond acceptors (Lipinski definition) is 3. The normalized spacial score (nSPS) is 9.57. The van der Waals surface area contributed by atoms with Crippen LogP contribution >= 0.6 is 0 Å². The van der Waals surface area contributed by atoms with Crippen LogP contribution in [-0.4, -0.2) is 22.5 Å². The van der Waals surface area contributed by atoms with E-state index in [2.05, 4.69) is 10.4 Å². The van der Waals surface area contributed by atoms with Crippen molar-refractivity contribution in [2.24, 2.45) is 5.84 Å². The van der Waals surface area contributed by atoms with Gasteiger partial charge in [0, 0.05) is 12.7 Å². The molecule has 0 aliphatic rings. The van der Waals surface area contributed by atoms with E-state index >= 15 is 0 Å². The predicted molar refractivity (Wildman–Crippen MR) is 53.0 cm³/mol. The van der Waals surface area contributed by atoms with Crippen LogP contribution in [0.2, 0.25) is 0 Å². The lowest BCUT2D eigenvalue weighted by Crippen LogP contribution is -2.42.